The van der Waals surface area contributed by atoms with Gasteiger partial charge in [-0.25, -0.2) is 4.79 Å². The van der Waals surface area contributed by atoms with E-state index in [0.717, 1.165) is 24.0 Å². The number of rotatable bonds is 4. The Morgan fingerprint density at radius 3 is 2.46 bits per heavy atom. The van der Waals surface area contributed by atoms with E-state index in [1.54, 1.807) is 36.4 Å². The van der Waals surface area contributed by atoms with E-state index in [1.165, 1.54) is 0 Å². The quantitative estimate of drug-likeness (QED) is 0.419. The van der Waals surface area contributed by atoms with Crippen LogP contribution in [0.1, 0.15) is 56.5 Å². The minimum absolute atomic E-state index is 0.0386. The molecule has 1 aliphatic heterocycles. The van der Waals surface area contributed by atoms with E-state index in [1.807, 2.05) is 12.2 Å². The van der Waals surface area contributed by atoms with Crippen molar-refractivity contribution in [3.8, 4) is 0 Å². The maximum atomic E-state index is 10.9. The first-order valence-electron chi connectivity index (χ1n) is 9.36. The number of hydrogen-bond donors (Lipinski definition) is 2. The standard InChI is InChI=1S/C23H29NO4/c1-22(2)14-13-18(6-5-15-28-23(3,4)16-22)20(24-27)12-9-17-7-10-19(11-8-17)21(25)26/h5-13,27H,14-16H2,1-4H3,(H,25,26)/b6-5-,12-9+,18-13+,24-20-. The first-order chi connectivity index (χ1) is 13.1. The van der Waals surface area contributed by atoms with Gasteiger partial charge in [0.05, 0.1) is 17.8 Å². The summed E-state index contributed by atoms with van der Waals surface area (Å²) in [6.07, 6.45) is 11.2. The highest BCUT2D eigenvalue weighted by Gasteiger charge is 2.29. The fourth-order valence-electron chi connectivity index (χ4n) is 3.47. The van der Waals surface area contributed by atoms with Crippen LogP contribution in [0, 0.1) is 5.41 Å². The molecule has 0 aliphatic carbocycles. The van der Waals surface area contributed by atoms with Crippen molar-refractivity contribution in [2.75, 3.05) is 6.61 Å². The van der Waals surface area contributed by atoms with Gasteiger partial charge < -0.3 is 15.1 Å². The zero-order valence-corrected chi connectivity index (χ0v) is 17.0. The molecule has 1 heterocycles. The first kappa shape index (κ1) is 21.6. The van der Waals surface area contributed by atoms with Gasteiger partial charge in [0, 0.05) is 0 Å². The lowest BCUT2D eigenvalue weighted by atomic mass is 9.78. The monoisotopic (exact) mass is 383 g/mol. The predicted molar refractivity (Wildman–Crippen MR) is 112 cm³/mol. The SMILES string of the molecule is CC1(C)C/C=C(C(/C=C/c2ccc(C(=O)O)cc2)=N\O)\C=C/COC(C)(C)C1. The number of benzene rings is 1. The summed E-state index contributed by atoms with van der Waals surface area (Å²) in [5, 5.41) is 22.0. The maximum Gasteiger partial charge on any atom is 0.335 e. The van der Waals surface area contributed by atoms with Gasteiger partial charge in [-0.05, 0) is 61.4 Å². The topological polar surface area (TPSA) is 79.1 Å². The molecule has 0 saturated carbocycles. The molecule has 2 rings (SSSR count). The van der Waals surface area contributed by atoms with E-state index >= 15 is 0 Å². The molecule has 0 bridgehead atoms. The van der Waals surface area contributed by atoms with Gasteiger partial charge in [0.25, 0.3) is 0 Å². The van der Waals surface area contributed by atoms with Gasteiger partial charge in [-0.2, -0.15) is 0 Å². The summed E-state index contributed by atoms with van der Waals surface area (Å²) < 4.78 is 5.98. The molecule has 0 radical (unpaired) electrons. The van der Waals surface area contributed by atoms with Crippen LogP contribution in [0.15, 0.2) is 59.3 Å². The van der Waals surface area contributed by atoms with Crippen molar-refractivity contribution in [3.63, 3.8) is 0 Å². The van der Waals surface area contributed by atoms with Gasteiger partial charge in [-0.1, -0.05) is 55.4 Å². The second kappa shape index (κ2) is 9.02. The zero-order valence-electron chi connectivity index (χ0n) is 17.0. The minimum Gasteiger partial charge on any atom is -0.478 e. The average molecular weight is 383 g/mol. The van der Waals surface area contributed by atoms with E-state index in [-0.39, 0.29) is 16.6 Å². The predicted octanol–water partition coefficient (Wildman–Crippen LogP) is 5.33. The van der Waals surface area contributed by atoms with Crippen molar-refractivity contribution in [2.45, 2.75) is 46.1 Å². The molecule has 0 saturated heterocycles. The van der Waals surface area contributed by atoms with Crippen molar-refractivity contribution in [3.05, 3.63) is 65.3 Å². The molecule has 0 amide bonds. The van der Waals surface area contributed by atoms with Gasteiger partial charge in [-0.3, -0.25) is 0 Å². The molecule has 0 unspecified atom stereocenters. The van der Waals surface area contributed by atoms with Crippen LogP contribution in [0.2, 0.25) is 0 Å². The lowest BCUT2D eigenvalue weighted by Gasteiger charge is -2.34. The van der Waals surface area contributed by atoms with Gasteiger partial charge in [0.1, 0.15) is 5.71 Å². The summed E-state index contributed by atoms with van der Waals surface area (Å²) >= 11 is 0. The summed E-state index contributed by atoms with van der Waals surface area (Å²) in [7, 11) is 0. The van der Waals surface area contributed by atoms with E-state index < -0.39 is 5.97 Å². The Labute approximate surface area is 166 Å². The lowest BCUT2D eigenvalue weighted by Crippen LogP contribution is -2.32. The number of aromatic carboxylic acids is 1. The summed E-state index contributed by atoms with van der Waals surface area (Å²) in [5.74, 6) is -0.960. The van der Waals surface area contributed by atoms with Gasteiger partial charge >= 0.3 is 5.97 Å². The molecular weight excluding hydrogens is 354 g/mol. The fraction of sp³-hybridized carbons (Fsp3) is 0.391. The Morgan fingerprint density at radius 1 is 1.18 bits per heavy atom. The molecule has 0 fully saturated rings. The fourth-order valence-corrected chi connectivity index (χ4v) is 3.47. The number of carbonyl (C=O) groups is 1. The Morgan fingerprint density at radius 2 is 1.86 bits per heavy atom. The van der Waals surface area contributed by atoms with Crippen molar-refractivity contribution in [2.24, 2.45) is 10.6 Å². The number of hydrogen-bond acceptors (Lipinski definition) is 4. The third kappa shape index (κ3) is 6.50. The zero-order chi connectivity index (χ0) is 20.8. The number of oxime groups is 1. The van der Waals surface area contributed by atoms with Gasteiger partial charge in [0.15, 0.2) is 0 Å². The van der Waals surface area contributed by atoms with Crippen LogP contribution in [0.5, 0.6) is 0 Å². The highest BCUT2D eigenvalue weighted by atomic mass is 16.5. The van der Waals surface area contributed by atoms with Crippen LogP contribution in [-0.2, 0) is 4.74 Å². The highest BCUT2D eigenvalue weighted by Crippen LogP contribution is 2.34. The summed E-state index contributed by atoms with van der Waals surface area (Å²) in [4.78, 5) is 10.9. The van der Waals surface area contributed by atoms with Crippen LogP contribution in [0.25, 0.3) is 6.08 Å². The van der Waals surface area contributed by atoms with Crippen LogP contribution in [0.3, 0.4) is 0 Å². The van der Waals surface area contributed by atoms with Crippen LogP contribution >= 0.6 is 0 Å². The van der Waals surface area contributed by atoms with E-state index in [0.29, 0.717) is 12.3 Å². The number of allylic oxidation sites excluding steroid dienone is 4. The summed E-state index contributed by atoms with van der Waals surface area (Å²) in [6, 6.07) is 6.52. The van der Waals surface area contributed by atoms with E-state index in [4.69, 9.17) is 9.84 Å². The molecule has 1 aromatic rings. The number of carboxylic acid groups (broad SMARTS) is 1. The molecule has 0 spiro atoms. The lowest BCUT2D eigenvalue weighted by molar-refractivity contribution is -0.0319. The summed E-state index contributed by atoms with van der Waals surface area (Å²) in [6.45, 7) is 9.10. The Balaban J connectivity index is 2.22. The molecular formula is C23H29NO4. The third-order valence-corrected chi connectivity index (χ3v) is 4.64. The Hall–Kier alpha value is -2.66. The molecule has 28 heavy (non-hydrogen) atoms. The van der Waals surface area contributed by atoms with Crippen molar-refractivity contribution in [1.29, 1.82) is 0 Å². The number of nitrogens with zero attached hydrogens (tertiary/aromatic N) is 1. The first-order valence-corrected chi connectivity index (χ1v) is 9.36. The van der Waals surface area contributed by atoms with E-state index in [2.05, 4.69) is 38.9 Å². The van der Waals surface area contributed by atoms with Crippen LogP contribution in [0.4, 0.5) is 0 Å². The molecule has 0 atom stereocenters. The average Bonchev–Trinajstić information content (AvgIpc) is 2.61. The number of ether oxygens (including phenoxy) is 1. The van der Waals surface area contributed by atoms with Crippen LogP contribution in [-0.4, -0.2) is 34.2 Å². The normalized spacial score (nSPS) is 23.0. The smallest absolute Gasteiger partial charge is 0.335 e. The molecule has 5 heteroatoms. The molecule has 2 N–H and O–H groups in total. The highest BCUT2D eigenvalue weighted by molar-refractivity contribution is 6.12. The molecule has 1 aliphatic rings. The number of carboxylic acids is 1. The minimum atomic E-state index is -0.960. The summed E-state index contributed by atoms with van der Waals surface area (Å²) in [5.41, 5.74) is 2.15. The Bertz CT molecular complexity index is 812. The van der Waals surface area contributed by atoms with Crippen LogP contribution < -0.4 is 0 Å². The molecule has 150 valence electrons. The third-order valence-electron chi connectivity index (χ3n) is 4.64. The van der Waals surface area contributed by atoms with E-state index in [9.17, 15) is 10.0 Å². The Kier molecular flexibility index (Phi) is 6.97. The molecule has 1 aromatic carbocycles. The molecule has 0 aromatic heterocycles. The van der Waals surface area contributed by atoms with Crippen molar-refractivity contribution in [1.82, 2.24) is 0 Å². The molecule has 5 nitrogen and oxygen atoms in total. The van der Waals surface area contributed by atoms with Crippen molar-refractivity contribution < 1.29 is 19.8 Å². The van der Waals surface area contributed by atoms with Crippen molar-refractivity contribution >= 4 is 17.8 Å². The van der Waals surface area contributed by atoms with Gasteiger partial charge in [0.2, 0.25) is 0 Å². The maximum absolute atomic E-state index is 10.9. The second-order valence-electron chi connectivity index (χ2n) is 8.42. The largest absolute Gasteiger partial charge is 0.478 e. The van der Waals surface area contributed by atoms with Gasteiger partial charge in [-0.15, -0.1) is 0 Å². The second-order valence-corrected chi connectivity index (χ2v) is 8.42.